The summed E-state index contributed by atoms with van der Waals surface area (Å²) in [6.45, 7) is 2.74. The van der Waals surface area contributed by atoms with E-state index in [0.29, 0.717) is 19.4 Å². The molecule has 1 atom stereocenters. The molecule has 0 aliphatic carbocycles. The van der Waals surface area contributed by atoms with Crippen molar-refractivity contribution in [2.75, 3.05) is 6.61 Å². The number of aryl methyl sites for hydroxylation is 1. The van der Waals surface area contributed by atoms with E-state index in [1.807, 2.05) is 54.6 Å². The molecule has 0 spiro atoms. The fraction of sp³-hybridized carbons (Fsp3) is 0.333. The smallest absolute Gasteiger partial charge is 0.305 e. The van der Waals surface area contributed by atoms with Crippen LogP contribution in [0.2, 0.25) is 0 Å². The molecule has 1 unspecified atom stereocenters. The van der Waals surface area contributed by atoms with Gasteiger partial charge in [0.2, 0.25) is 5.91 Å². The molecule has 2 aromatic rings. The van der Waals surface area contributed by atoms with Crippen LogP contribution in [0.3, 0.4) is 0 Å². The Kier molecular flexibility index (Phi) is 7.68. The second-order valence-corrected chi connectivity index (χ2v) is 6.12. The van der Waals surface area contributed by atoms with E-state index in [9.17, 15) is 9.59 Å². The van der Waals surface area contributed by atoms with Crippen LogP contribution < -0.4 is 10.1 Å². The Morgan fingerprint density at radius 1 is 1.08 bits per heavy atom. The van der Waals surface area contributed by atoms with E-state index in [0.717, 1.165) is 23.3 Å². The van der Waals surface area contributed by atoms with Crippen LogP contribution in [0.1, 0.15) is 43.4 Å². The number of amides is 1. The standard InChI is InChI=1S/C21H25NO4/c1-2-14-26-18-11-8-16(9-12-18)10-13-20(23)22-19(15-21(24)25)17-6-4-3-5-7-17/h3-9,11-12,19H,2,10,13-15H2,1H3,(H,22,23)(H,24,25). The molecular weight excluding hydrogens is 330 g/mol. The fourth-order valence-electron chi connectivity index (χ4n) is 2.61. The van der Waals surface area contributed by atoms with Crippen molar-refractivity contribution in [3.8, 4) is 5.75 Å². The lowest BCUT2D eigenvalue weighted by Crippen LogP contribution is -2.30. The number of ether oxygens (including phenoxy) is 1. The third-order valence-electron chi connectivity index (χ3n) is 3.95. The summed E-state index contributed by atoms with van der Waals surface area (Å²) in [5.74, 6) is -0.279. The normalized spacial score (nSPS) is 11.6. The molecule has 2 N–H and O–H groups in total. The van der Waals surface area contributed by atoms with E-state index in [2.05, 4.69) is 12.2 Å². The van der Waals surface area contributed by atoms with Gasteiger partial charge in [0, 0.05) is 6.42 Å². The monoisotopic (exact) mass is 355 g/mol. The van der Waals surface area contributed by atoms with E-state index in [4.69, 9.17) is 9.84 Å². The minimum absolute atomic E-state index is 0.140. The van der Waals surface area contributed by atoms with Crippen molar-refractivity contribution in [1.82, 2.24) is 5.32 Å². The number of benzene rings is 2. The zero-order valence-corrected chi connectivity index (χ0v) is 15.0. The summed E-state index contributed by atoms with van der Waals surface area (Å²) in [7, 11) is 0. The Morgan fingerprint density at radius 2 is 1.77 bits per heavy atom. The summed E-state index contributed by atoms with van der Waals surface area (Å²) in [6.07, 6.45) is 1.71. The zero-order valence-electron chi connectivity index (χ0n) is 15.0. The first kappa shape index (κ1) is 19.5. The zero-order chi connectivity index (χ0) is 18.8. The van der Waals surface area contributed by atoms with Crippen molar-refractivity contribution in [3.05, 3.63) is 65.7 Å². The second-order valence-electron chi connectivity index (χ2n) is 6.12. The molecule has 0 fully saturated rings. The van der Waals surface area contributed by atoms with Gasteiger partial charge in [0.05, 0.1) is 19.1 Å². The maximum absolute atomic E-state index is 12.3. The van der Waals surface area contributed by atoms with Gasteiger partial charge in [-0.05, 0) is 36.1 Å². The van der Waals surface area contributed by atoms with E-state index in [1.165, 1.54) is 0 Å². The topological polar surface area (TPSA) is 75.6 Å². The number of nitrogens with one attached hydrogen (secondary N) is 1. The van der Waals surface area contributed by atoms with Gasteiger partial charge in [-0.25, -0.2) is 0 Å². The molecule has 0 bridgehead atoms. The Balaban J connectivity index is 1.88. The van der Waals surface area contributed by atoms with Crippen molar-refractivity contribution in [2.45, 2.75) is 38.6 Å². The summed E-state index contributed by atoms with van der Waals surface area (Å²) in [5, 5.41) is 11.9. The average molecular weight is 355 g/mol. The predicted molar refractivity (Wildman–Crippen MR) is 100 cm³/mol. The van der Waals surface area contributed by atoms with Crippen LogP contribution in [0.4, 0.5) is 0 Å². The van der Waals surface area contributed by atoms with Crippen molar-refractivity contribution in [2.24, 2.45) is 0 Å². The lowest BCUT2D eigenvalue weighted by molar-refractivity contribution is -0.137. The number of rotatable bonds is 10. The number of aliphatic carboxylic acids is 1. The van der Waals surface area contributed by atoms with E-state index >= 15 is 0 Å². The maximum Gasteiger partial charge on any atom is 0.305 e. The molecular formula is C21H25NO4. The first-order chi connectivity index (χ1) is 12.6. The molecule has 0 saturated carbocycles. The molecule has 0 aromatic heterocycles. The van der Waals surface area contributed by atoms with Crippen LogP contribution in [0, 0.1) is 0 Å². The molecule has 2 aromatic carbocycles. The minimum Gasteiger partial charge on any atom is -0.494 e. The quantitative estimate of drug-likeness (QED) is 0.681. The summed E-state index contributed by atoms with van der Waals surface area (Å²) in [5.41, 5.74) is 1.83. The van der Waals surface area contributed by atoms with Gasteiger partial charge >= 0.3 is 5.97 Å². The molecule has 0 heterocycles. The Hall–Kier alpha value is -2.82. The van der Waals surface area contributed by atoms with E-state index in [-0.39, 0.29) is 12.3 Å². The third-order valence-corrected chi connectivity index (χ3v) is 3.95. The number of carbonyl (C=O) groups is 2. The van der Waals surface area contributed by atoms with Crippen LogP contribution in [-0.2, 0) is 16.0 Å². The molecule has 2 rings (SSSR count). The van der Waals surface area contributed by atoms with Crippen LogP contribution in [0.5, 0.6) is 5.75 Å². The molecule has 5 nitrogen and oxygen atoms in total. The fourth-order valence-corrected chi connectivity index (χ4v) is 2.61. The molecule has 138 valence electrons. The largest absolute Gasteiger partial charge is 0.494 e. The van der Waals surface area contributed by atoms with Crippen molar-refractivity contribution in [1.29, 1.82) is 0 Å². The number of carboxylic acid groups (broad SMARTS) is 1. The van der Waals surface area contributed by atoms with Gasteiger partial charge in [-0.15, -0.1) is 0 Å². The lowest BCUT2D eigenvalue weighted by atomic mass is 10.0. The molecule has 0 saturated heterocycles. The first-order valence-corrected chi connectivity index (χ1v) is 8.86. The van der Waals surface area contributed by atoms with Gasteiger partial charge in [0.25, 0.3) is 0 Å². The molecule has 1 amide bonds. The number of hydrogen-bond donors (Lipinski definition) is 2. The Bertz CT molecular complexity index is 698. The molecule has 5 heteroatoms. The highest BCUT2D eigenvalue weighted by atomic mass is 16.5. The first-order valence-electron chi connectivity index (χ1n) is 8.86. The van der Waals surface area contributed by atoms with Gasteiger partial charge in [0.15, 0.2) is 0 Å². The highest BCUT2D eigenvalue weighted by Gasteiger charge is 2.17. The molecule has 0 radical (unpaired) electrons. The van der Waals surface area contributed by atoms with Gasteiger partial charge in [-0.1, -0.05) is 49.4 Å². The highest BCUT2D eigenvalue weighted by Crippen LogP contribution is 2.17. The minimum atomic E-state index is -0.943. The number of carboxylic acids is 1. The van der Waals surface area contributed by atoms with E-state index in [1.54, 1.807) is 0 Å². The van der Waals surface area contributed by atoms with Crippen molar-refractivity contribution in [3.63, 3.8) is 0 Å². The van der Waals surface area contributed by atoms with E-state index < -0.39 is 12.0 Å². The summed E-state index contributed by atoms with van der Waals surface area (Å²) in [4.78, 5) is 23.3. The van der Waals surface area contributed by atoms with Gasteiger partial charge in [-0.2, -0.15) is 0 Å². The van der Waals surface area contributed by atoms with Crippen molar-refractivity contribution < 1.29 is 19.4 Å². The predicted octanol–water partition coefficient (Wildman–Crippen LogP) is 3.74. The van der Waals surface area contributed by atoms with Gasteiger partial charge in [0.1, 0.15) is 5.75 Å². The molecule has 0 aliphatic heterocycles. The average Bonchev–Trinajstić information content (AvgIpc) is 2.65. The summed E-state index contributed by atoms with van der Waals surface area (Å²) < 4.78 is 5.54. The molecule has 26 heavy (non-hydrogen) atoms. The number of carbonyl (C=O) groups excluding carboxylic acids is 1. The molecule has 0 aliphatic rings. The van der Waals surface area contributed by atoms with Crippen LogP contribution >= 0.6 is 0 Å². The number of hydrogen-bond acceptors (Lipinski definition) is 3. The Labute approximate surface area is 154 Å². The van der Waals surface area contributed by atoms with Crippen LogP contribution in [0.15, 0.2) is 54.6 Å². The van der Waals surface area contributed by atoms with Gasteiger partial charge in [-0.3, -0.25) is 9.59 Å². The summed E-state index contributed by atoms with van der Waals surface area (Å²) in [6, 6.07) is 16.3. The third kappa shape index (κ3) is 6.59. The SMILES string of the molecule is CCCOc1ccc(CCC(=O)NC(CC(=O)O)c2ccccc2)cc1. The Morgan fingerprint density at radius 3 is 2.38 bits per heavy atom. The van der Waals surface area contributed by atoms with Crippen LogP contribution in [-0.4, -0.2) is 23.6 Å². The maximum atomic E-state index is 12.3. The summed E-state index contributed by atoms with van der Waals surface area (Å²) >= 11 is 0. The van der Waals surface area contributed by atoms with Gasteiger partial charge < -0.3 is 15.2 Å². The second kappa shape index (κ2) is 10.2. The van der Waals surface area contributed by atoms with Crippen LogP contribution in [0.25, 0.3) is 0 Å². The van der Waals surface area contributed by atoms with Crippen molar-refractivity contribution >= 4 is 11.9 Å². The highest BCUT2D eigenvalue weighted by molar-refractivity contribution is 5.78. The lowest BCUT2D eigenvalue weighted by Gasteiger charge is -2.17.